The SMILES string of the molecule is CCS(=O)(=O)c1ccc(CC(=O)N(CC(=O)O)Cc2ccc(F)cc2)cc1. The van der Waals surface area contributed by atoms with E-state index in [9.17, 15) is 22.4 Å². The number of carbonyl (C=O) groups excluding carboxylic acids is 1. The second-order valence-corrected chi connectivity index (χ2v) is 8.27. The molecule has 0 fully saturated rings. The lowest BCUT2D eigenvalue weighted by Crippen LogP contribution is -2.36. The molecule has 0 atom stereocenters. The molecule has 0 saturated carbocycles. The maximum Gasteiger partial charge on any atom is 0.323 e. The number of halogens is 1. The summed E-state index contributed by atoms with van der Waals surface area (Å²) >= 11 is 0. The van der Waals surface area contributed by atoms with Crippen LogP contribution in [0.25, 0.3) is 0 Å². The highest BCUT2D eigenvalue weighted by atomic mass is 32.2. The highest BCUT2D eigenvalue weighted by molar-refractivity contribution is 7.91. The third kappa shape index (κ3) is 5.89. The third-order valence-corrected chi connectivity index (χ3v) is 5.73. The van der Waals surface area contributed by atoms with Gasteiger partial charge in [-0.05, 0) is 35.4 Å². The molecule has 1 amide bonds. The van der Waals surface area contributed by atoms with Gasteiger partial charge in [-0.15, -0.1) is 0 Å². The van der Waals surface area contributed by atoms with E-state index in [1.165, 1.54) is 48.5 Å². The Morgan fingerprint density at radius 3 is 2.07 bits per heavy atom. The van der Waals surface area contributed by atoms with Crippen molar-refractivity contribution in [2.45, 2.75) is 24.8 Å². The fourth-order valence-electron chi connectivity index (χ4n) is 2.47. The lowest BCUT2D eigenvalue weighted by molar-refractivity contribution is -0.144. The Hall–Kier alpha value is -2.74. The zero-order valence-corrected chi connectivity index (χ0v) is 15.6. The molecule has 27 heavy (non-hydrogen) atoms. The van der Waals surface area contributed by atoms with E-state index in [0.29, 0.717) is 11.1 Å². The molecule has 2 aromatic carbocycles. The van der Waals surface area contributed by atoms with Crippen molar-refractivity contribution in [2.24, 2.45) is 0 Å². The number of rotatable bonds is 8. The first-order valence-electron chi connectivity index (χ1n) is 8.27. The van der Waals surface area contributed by atoms with Gasteiger partial charge < -0.3 is 10.0 Å². The minimum atomic E-state index is -3.32. The maximum atomic E-state index is 13.0. The molecule has 8 heteroatoms. The monoisotopic (exact) mass is 393 g/mol. The summed E-state index contributed by atoms with van der Waals surface area (Å²) < 4.78 is 36.7. The number of aliphatic carboxylic acids is 1. The highest BCUT2D eigenvalue weighted by Gasteiger charge is 2.18. The summed E-state index contributed by atoms with van der Waals surface area (Å²) in [6, 6.07) is 11.4. The quantitative estimate of drug-likeness (QED) is 0.743. The van der Waals surface area contributed by atoms with Crippen molar-refractivity contribution in [2.75, 3.05) is 12.3 Å². The van der Waals surface area contributed by atoms with Crippen LogP contribution in [0, 0.1) is 5.82 Å². The predicted octanol–water partition coefficient (Wildman–Crippen LogP) is 2.28. The molecule has 0 spiro atoms. The molecule has 2 rings (SSSR count). The lowest BCUT2D eigenvalue weighted by Gasteiger charge is -2.21. The first kappa shape index (κ1) is 20.6. The van der Waals surface area contributed by atoms with Gasteiger partial charge in [-0.1, -0.05) is 31.2 Å². The standard InChI is InChI=1S/C19H20FNO5S/c1-2-27(25,26)17-9-5-14(6-10-17)11-18(22)21(13-19(23)24)12-15-3-7-16(20)8-4-15/h3-10H,2,11-13H2,1H3,(H,23,24). The number of amides is 1. The zero-order valence-electron chi connectivity index (χ0n) is 14.8. The molecule has 0 aliphatic rings. The molecule has 0 aromatic heterocycles. The van der Waals surface area contributed by atoms with E-state index in [4.69, 9.17) is 5.11 Å². The van der Waals surface area contributed by atoms with E-state index in [1.54, 1.807) is 6.92 Å². The smallest absolute Gasteiger partial charge is 0.323 e. The van der Waals surface area contributed by atoms with Crippen LogP contribution in [0.2, 0.25) is 0 Å². The molecule has 0 radical (unpaired) electrons. The van der Waals surface area contributed by atoms with Gasteiger partial charge in [0.05, 0.1) is 17.1 Å². The van der Waals surface area contributed by atoms with Crippen LogP contribution in [0.3, 0.4) is 0 Å². The van der Waals surface area contributed by atoms with Gasteiger partial charge in [0.15, 0.2) is 9.84 Å². The summed E-state index contributed by atoms with van der Waals surface area (Å²) in [5.41, 5.74) is 1.18. The van der Waals surface area contributed by atoms with Crippen LogP contribution in [0.4, 0.5) is 4.39 Å². The predicted molar refractivity (Wildman–Crippen MR) is 97.3 cm³/mol. The van der Waals surface area contributed by atoms with Crippen molar-refractivity contribution in [3.63, 3.8) is 0 Å². The van der Waals surface area contributed by atoms with Crippen LogP contribution >= 0.6 is 0 Å². The minimum absolute atomic E-state index is 0.0185. The molecule has 2 aromatic rings. The average Bonchev–Trinajstić information content (AvgIpc) is 2.63. The van der Waals surface area contributed by atoms with Crippen molar-refractivity contribution < 1.29 is 27.5 Å². The van der Waals surface area contributed by atoms with E-state index in [-0.39, 0.29) is 23.6 Å². The normalized spacial score (nSPS) is 11.2. The Labute approximate surface area is 157 Å². The van der Waals surface area contributed by atoms with Gasteiger partial charge in [-0.3, -0.25) is 9.59 Å². The Kier molecular flexibility index (Phi) is 6.68. The number of carboxylic acids is 1. The third-order valence-electron chi connectivity index (χ3n) is 3.98. The average molecular weight is 393 g/mol. The Balaban J connectivity index is 2.13. The molecule has 0 unspecified atom stereocenters. The second kappa shape index (κ2) is 8.77. The minimum Gasteiger partial charge on any atom is -0.480 e. The summed E-state index contributed by atoms with van der Waals surface area (Å²) in [6.07, 6.45) is -0.0685. The van der Waals surface area contributed by atoms with Gasteiger partial charge >= 0.3 is 5.97 Å². The van der Waals surface area contributed by atoms with Crippen LogP contribution in [0.5, 0.6) is 0 Å². The fraction of sp³-hybridized carbons (Fsp3) is 0.263. The number of sulfone groups is 1. The van der Waals surface area contributed by atoms with Crippen LogP contribution < -0.4 is 0 Å². The molecule has 0 heterocycles. The van der Waals surface area contributed by atoms with Crippen LogP contribution in [-0.2, 0) is 32.4 Å². The molecular formula is C19H20FNO5S. The number of hydrogen-bond donors (Lipinski definition) is 1. The van der Waals surface area contributed by atoms with Gasteiger partial charge in [0.1, 0.15) is 12.4 Å². The molecule has 1 N–H and O–H groups in total. The molecule has 6 nitrogen and oxygen atoms in total. The number of carboxylic acid groups (broad SMARTS) is 1. The molecule has 0 aliphatic heterocycles. The molecule has 0 bridgehead atoms. The Morgan fingerprint density at radius 2 is 1.56 bits per heavy atom. The first-order chi connectivity index (χ1) is 12.7. The number of hydrogen-bond acceptors (Lipinski definition) is 4. The molecule has 0 saturated heterocycles. The highest BCUT2D eigenvalue weighted by Crippen LogP contribution is 2.14. The van der Waals surface area contributed by atoms with E-state index >= 15 is 0 Å². The van der Waals surface area contributed by atoms with Gasteiger partial charge in [0.2, 0.25) is 5.91 Å². The van der Waals surface area contributed by atoms with Crippen LogP contribution in [0.15, 0.2) is 53.4 Å². The van der Waals surface area contributed by atoms with Gasteiger partial charge in [-0.25, -0.2) is 12.8 Å². The molecular weight excluding hydrogens is 373 g/mol. The van der Waals surface area contributed by atoms with Crippen LogP contribution in [0.1, 0.15) is 18.1 Å². The van der Waals surface area contributed by atoms with Crippen molar-refractivity contribution in [3.05, 3.63) is 65.5 Å². The van der Waals surface area contributed by atoms with E-state index in [1.807, 2.05) is 0 Å². The van der Waals surface area contributed by atoms with Gasteiger partial charge in [0, 0.05) is 6.54 Å². The summed E-state index contributed by atoms with van der Waals surface area (Å²) in [5, 5.41) is 9.05. The van der Waals surface area contributed by atoms with E-state index < -0.39 is 34.1 Å². The van der Waals surface area contributed by atoms with Crippen molar-refractivity contribution in [3.8, 4) is 0 Å². The summed E-state index contributed by atoms with van der Waals surface area (Å²) in [5.74, 6) is -2.02. The van der Waals surface area contributed by atoms with E-state index in [2.05, 4.69) is 0 Å². The van der Waals surface area contributed by atoms with Crippen molar-refractivity contribution >= 4 is 21.7 Å². The molecule has 144 valence electrons. The summed E-state index contributed by atoms with van der Waals surface area (Å²) in [6.45, 7) is 1.10. The number of nitrogens with zero attached hydrogens (tertiary/aromatic N) is 1. The summed E-state index contributed by atoms with van der Waals surface area (Å²) in [4.78, 5) is 24.9. The Morgan fingerprint density at radius 1 is 1.00 bits per heavy atom. The van der Waals surface area contributed by atoms with Crippen LogP contribution in [-0.4, -0.2) is 42.6 Å². The first-order valence-corrected chi connectivity index (χ1v) is 9.92. The summed E-state index contributed by atoms with van der Waals surface area (Å²) in [7, 11) is -3.32. The molecule has 0 aliphatic carbocycles. The topological polar surface area (TPSA) is 91.8 Å². The van der Waals surface area contributed by atoms with Gasteiger partial charge in [0.25, 0.3) is 0 Å². The van der Waals surface area contributed by atoms with Crippen molar-refractivity contribution in [1.29, 1.82) is 0 Å². The number of carbonyl (C=O) groups is 2. The van der Waals surface area contributed by atoms with E-state index in [0.717, 1.165) is 4.90 Å². The van der Waals surface area contributed by atoms with Crippen molar-refractivity contribution in [1.82, 2.24) is 4.90 Å². The fourth-order valence-corrected chi connectivity index (χ4v) is 3.36. The lowest BCUT2D eigenvalue weighted by atomic mass is 10.1. The maximum absolute atomic E-state index is 13.0. The Bertz CT molecular complexity index is 908. The largest absolute Gasteiger partial charge is 0.480 e. The zero-order chi connectivity index (χ0) is 20.0. The van der Waals surface area contributed by atoms with Gasteiger partial charge in [-0.2, -0.15) is 0 Å². The second-order valence-electron chi connectivity index (χ2n) is 5.99. The number of benzene rings is 2.